The number of rotatable bonds is 8. The third kappa shape index (κ3) is 5.70. The number of nitrogens with zero attached hydrogens (tertiary/aromatic N) is 1. The highest BCUT2D eigenvalue weighted by atomic mass is 32.2. The molecule has 0 unspecified atom stereocenters. The minimum Gasteiger partial charge on any atom is -0.455 e. The molecule has 0 aliphatic carbocycles. The van der Waals surface area contributed by atoms with Crippen LogP contribution in [0.5, 0.6) is 11.5 Å². The molecule has 0 heterocycles. The molecule has 4 aromatic rings. The van der Waals surface area contributed by atoms with E-state index in [9.17, 15) is 13.2 Å². The van der Waals surface area contributed by atoms with Crippen molar-refractivity contribution in [1.29, 1.82) is 0 Å². The molecule has 178 valence electrons. The first kappa shape index (κ1) is 24.0. The van der Waals surface area contributed by atoms with Crippen LogP contribution in [0.3, 0.4) is 0 Å². The summed E-state index contributed by atoms with van der Waals surface area (Å²) in [5.74, 6) is 0.583. The van der Waals surface area contributed by atoms with Gasteiger partial charge in [0.15, 0.2) is 5.75 Å². The van der Waals surface area contributed by atoms with Crippen LogP contribution in [0.1, 0.15) is 11.1 Å². The van der Waals surface area contributed by atoms with Crippen molar-refractivity contribution in [2.45, 2.75) is 18.7 Å². The monoisotopic (exact) mass is 486 g/mol. The molecule has 0 saturated carbocycles. The first-order valence-corrected chi connectivity index (χ1v) is 12.6. The maximum absolute atomic E-state index is 13.5. The van der Waals surface area contributed by atoms with Crippen molar-refractivity contribution >= 4 is 27.3 Å². The number of hydrogen-bond acceptors (Lipinski definition) is 4. The third-order valence-electron chi connectivity index (χ3n) is 5.53. The van der Waals surface area contributed by atoms with Gasteiger partial charge in [0.05, 0.1) is 16.3 Å². The molecular formula is C28H26N2O4S. The van der Waals surface area contributed by atoms with Crippen LogP contribution in [0, 0.1) is 13.8 Å². The average Bonchev–Trinajstić information content (AvgIpc) is 2.86. The Labute approximate surface area is 205 Å². The fraction of sp³-hybridized carbons (Fsp3) is 0.107. The molecule has 0 aliphatic rings. The van der Waals surface area contributed by atoms with Crippen LogP contribution in [0.4, 0.5) is 11.4 Å². The molecule has 0 radical (unpaired) electrons. The van der Waals surface area contributed by atoms with Crippen molar-refractivity contribution in [3.05, 3.63) is 114 Å². The zero-order valence-corrected chi connectivity index (χ0v) is 20.3. The van der Waals surface area contributed by atoms with Gasteiger partial charge in [-0.1, -0.05) is 54.6 Å². The summed E-state index contributed by atoms with van der Waals surface area (Å²) < 4.78 is 34.1. The SMILES string of the molecule is Cc1ccc(N(CC(=O)Nc2ccccc2Oc2ccccc2)S(=O)(=O)c2ccccc2)cc1C. The van der Waals surface area contributed by atoms with Crippen molar-refractivity contribution in [3.8, 4) is 11.5 Å². The normalized spacial score (nSPS) is 11.0. The van der Waals surface area contributed by atoms with Crippen molar-refractivity contribution < 1.29 is 17.9 Å². The molecule has 0 saturated heterocycles. The van der Waals surface area contributed by atoms with Gasteiger partial charge in [-0.2, -0.15) is 0 Å². The Morgan fingerprint density at radius 2 is 1.43 bits per heavy atom. The lowest BCUT2D eigenvalue weighted by Crippen LogP contribution is -2.38. The molecule has 0 fully saturated rings. The summed E-state index contributed by atoms with van der Waals surface area (Å²) in [5, 5.41) is 2.81. The van der Waals surface area contributed by atoms with E-state index in [0.717, 1.165) is 15.4 Å². The van der Waals surface area contributed by atoms with Crippen LogP contribution in [0.2, 0.25) is 0 Å². The molecule has 0 aromatic heterocycles. The summed E-state index contributed by atoms with van der Waals surface area (Å²) in [7, 11) is -3.99. The number of aryl methyl sites for hydroxylation is 2. The van der Waals surface area contributed by atoms with Crippen LogP contribution < -0.4 is 14.4 Å². The number of nitrogens with one attached hydrogen (secondary N) is 1. The summed E-state index contributed by atoms with van der Waals surface area (Å²) in [6.07, 6.45) is 0. The summed E-state index contributed by atoms with van der Waals surface area (Å²) in [6.45, 7) is 3.45. The molecule has 1 N–H and O–H groups in total. The van der Waals surface area contributed by atoms with E-state index >= 15 is 0 Å². The van der Waals surface area contributed by atoms with E-state index in [0.29, 0.717) is 22.9 Å². The Bertz CT molecular complexity index is 1420. The number of anilines is 2. The largest absolute Gasteiger partial charge is 0.455 e. The Morgan fingerprint density at radius 3 is 2.11 bits per heavy atom. The van der Waals surface area contributed by atoms with Gasteiger partial charge in [0.1, 0.15) is 12.3 Å². The molecule has 4 aromatic carbocycles. The van der Waals surface area contributed by atoms with Gasteiger partial charge in [0.2, 0.25) is 5.91 Å². The molecule has 0 bridgehead atoms. The number of carbonyl (C=O) groups is 1. The Kier molecular flexibility index (Phi) is 7.17. The molecule has 0 atom stereocenters. The van der Waals surface area contributed by atoms with E-state index in [-0.39, 0.29) is 4.90 Å². The molecule has 7 heteroatoms. The second-order valence-corrected chi connectivity index (χ2v) is 9.92. The number of para-hydroxylation sites is 3. The van der Waals surface area contributed by atoms with E-state index in [2.05, 4.69) is 5.32 Å². The predicted octanol–water partition coefficient (Wildman–Crippen LogP) is 5.93. The summed E-state index contributed by atoms with van der Waals surface area (Å²) >= 11 is 0. The summed E-state index contributed by atoms with van der Waals surface area (Å²) in [6, 6.07) is 29.7. The van der Waals surface area contributed by atoms with Crippen molar-refractivity contribution in [3.63, 3.8) is 0 Å². The molecule has 35 heavy (non-hydrogen) atoms. The summed E-state index contributed by atoms with van der Waals surface area (Å²) in [4.78, 5) is 13.3. The number of benzene rings is 4. The molecule has 4 rings (SSSR count). The van der Waals surface area contributed by atoms with E-state index in [4.69, 9.17) is 4.74 Å². The smallest absolute Gasteiger partial charge is 0.264 e. The highest BCUT2D eigenvalue weighted by Gasteiger charge is 2.27. The van der Waals surface area contributed by atoms with Crippen LogP contribution in [0.15, 0.2) is 108 Å². The maximum Gasteiger partial charge on any atom is 0.264 e. The standard InChI is InChI=1S/C28H26N2O4S/c1-21-17-18-23(19-22(21)2)30(35(32,33)25-13-7-4-8-14-25)20-28(31)29-26-15-9-10-16-27(26)34-24-11-5-3-6-12-24/h3-19H,20H2,1-2H3,(H,29,31). The lowest BCUT2D eigenvalue weighted by Gasteiger charge is -2.25. The highest BCUT2D eigenvalue weighted by Crippen LogP contribution is 2.30. The van der Waals surface area contributed by atoms with Crippen molar-refractivity contribution in [2.24, 2.45) is 0 Å². The number of sulfonamides is 1. The zero-order chi connectivity index (χ0) is 24.8. The Balaban J connectivity index is 1.63. The molecule has 0 aliphatic heterocycles. The zero-order valence-electron chi connectivity index (χ0n) is 19.5. The lowest BCUT2D eigenvalue weighted by atomic mass is 10.1. The molecule has 0 spiro atoms. The van der Waals surface area contributed by atoms with Gasteiger partial charge >= 0.3 is 0 Å². The third-order valence-corrected chi connectivity index (χ3v) is 7.32. The highest BCUT2D eigenvalue weighted by molar-refractivity contribution is 7.92. The fourth-order valence-corrected chi connectivity index (χ4v) is 4.94. The first-order valence-electron chi connectivity index (χ1n) is 11.1. The van der Waals surface area contributed by atoms with Crippen LogP contribution >= 0.6 is 0 Å². The molecule has 1 amide bonds. The fourth-order valence-electron chi connectivity index (χ4n) is 3.51. The second kappa shape index (κ2) is 10.4. The minimum absolute atomic E-state index is 0.110. The van der Waals surface area contributed by atoms with Gasteiger partial charge in [-0.3, -0.25) is 9.10 Å². The van der Waals surface area contributed by atoms with E-state index in [1.54, 1.807) is 54.6 Å². The average molecular weight is 487 g/mol. The summed E-state index contributed by atoms with van der Waals surface area (Å²) in [5.41, 5.74) is 2.82. The minimum atomic E-state index is -3.99. The second-order valence-electron chi connectivity index (χ2n) is 8.05. The lowest BCUT2D eigenvalue weighted by molar-refractivity contribution is -0.114. The van der Waals surface area contributed by atoms with Gasteiger partial charge in [-0.05, 0) is 73.5 Å². The van der Waals surface area contributed by atoms with Gasteiger partial charge in [-0.25, -0.2) is 8.42 Å². The Hall–Kier alpha value is -4.10. The van der Waals surface area contributed by atoms with E-state index in [1.807, 2.05) is 50.2 Å². The maximum atomic E-state index is 13.5. The van der Waals surface area contributed by atoms with Crippen molar-refractivity contribution in [2.75, 3.05) is 16.2 Å². The number of ether oxygens (including phenoxy) is 1. The number of hydrogen-bond donors (Lipinski definition) is 1. The predicted molar refractivity (Wildman–Crippen MR) is 138 cm³/mol. The van der Waals surface area contributed by atoms with Crippen LogP contribution in [0.25, 0.3) is 0 Å². The van der Waals surface area contributed by atoms with Gasteiger partial charge in [0, 0.05) is 0 Å². The van der Waals surface area contributed by atoms with Gasteiger partial charge in [-0.15, -0.1) is 0 Å². The van der Waals surface area contributed by atoms with E-state index in [1.165, 1.54) is 12.1 Å². The molecular weight excluding hydrogens is 460 g/mol. The topological polar surface area (TPSA) is 75.7 Å². The van der Waals surface area contributed by atoms with Gasteiger partial charge in [0.25, 0.3) is 10.0 Å². The number of carbonyl (C=O) groups excluding carboxylic acids is 1. The Morgan fingerprint density at radius 1 is 0.800 bits per heavy atom. The van der Waals surface area contributed by atoms with Crippen LogP contribution in [-0.4, -0.2) is 20.9 Å². The van der Waals surface area contributed by atoms with Gasteiger partial charge < -0.3 is 10.1 Å². The quantitative estimate of drug-likeness (QED) is 0.335. The first-order chi connectivity index (χ1) is 16.8. The molecule has 6 nitrogen and oxygen atoms in total. The van der Waals surface area contributed by atoms with Crippen molar-refractivity contribution in [1.82, 2.24) is 0 Å². The van der Waals surface area contributed by atoms with E-state index < -0.39 is 22.5 Å². The van der Waals surface area contributed by atoms with Crippen LogP contribution in [-0.2, 0) is 14.8 Å². The number of amides is 1.